The molecule has 3 aromatic carbocycles. The van der Waals surface area contributed by atoms with Gasteiger partial charge in [0.05, 0.1) is 7.11 Å². The molecule has 0 unspecified atom stereocenters. The van der Waals surface area contributed by atoms with Gasteiger partial charge in [-0.2, -0.15) is 0 Å². The van der Waals surface area contributed by atoms with Crippen LogP contribution in [-0.2, 0) is 29.0 Å². The number of fused-ring (bicyclic) bond motifs is 1. The van der Waals surface area contributed by atoms with Gasteiger partial charge in [-0.1, -0.05) is 55.5 Å². The van der Waals surface area contributed by atoms with Gasteiger partial charge in [-0.05, 0) is 60.7 Å². The van der Waals surface area contributed by atoms with E-state index in [0.717, 1.165) is 28.9 Å². The first kappa shape index (κ1) is 28.0. The molecule has 0 spiro atoms. The van der Waals surface area contributed by atoms with Crippen LogP contribution in [0.5, 0.6) is 17.2 Å². The highest BCUT2D eigenvalue weighted by molar-refractivity contribution is 5.88. The molecule has 0 aliphatic carbocycles. The van der Waals surface area contributed by atoms with E-state index in [1.807, 2.05) is 86.6 Å². The average Bonchev–Trinajstić information content (AvgIpc) is 2.98. The van der Waals surface area contributed by atoms with Crippen LogP contribution in [0.2, 0.25) is 0 Å². The van der Waals surface area contributed by atoms with Gasteiger partial charge in [0.1, 0.15) is 25.0 Å². The smallest absolute Gasteiger partial charge is 0.243 e. The highest BCUT2D eigenvalue weighted by Gasteiger charge is 2.31. The van der Waals surface area contributed by atoms with Crippen LogP contribution < -0.4 is 19.5 Å². The van der Waals surface area contributed by atoms with E-state index in [-0.39, 0.29) is 24.3 Å². The quantitative estimate of drug-likeness (QED) is 0.358. The number of ether oxygens (including phenoxy) is 3. The van der Waals surface area contributed by atoms with Crippen molar-refractivity contribution in [3.05, 3.63) is 89.5 Å². The predicted molar refractivity (Wildman–Crippen MR) is 151 cm³/mol. The number of carbonyl (C=O) groups is 2. The molecule has 0 saturated heterocycles. The fourth-order valence-electron chi connectivity index (χ4n) is 4.60. The highest BCUT2D eigenvalue weighted by Crippen LogP contribution is 2.31. The van der Waals surface area contributed by atoms with Crippen molar-refractivity contribution in [3.8, 4) is 17.2 Å². The molecule has 0 saturated carbocycles. The zero-order chi connectivity index (χ0) is 27.6. The second-order valence-electron chi connectivity index (χ2n) is 9.87. The van der Waals surface area contributed by atoms with Gasteiger partial charge in [-0.15, -0.1) is 0 Å². The Morgan fingerprint density at radius 1 is 0.923 bits per heavy atom. The summed E-state index contributed by atoms with van der Waals surface area (Å²) in [6.45, 7) is 5.35. The monoisotopic (exact) mass is 530 g/mol. The van der Waals surface area contributed by atoms with Gasteiger partial charge in [0.15, 0.2) is 11.5 Å². The first-order valence-electron chi connectivity index (χ1n) is 13.6. The molecule has 1 aliphatic heterocycles. The molecular formula is C32H38N2O5. The summed E-state index contributed by atoms with van der Waals surface area (Å²) in [6.07, 6.45) is 2.00. The normalized spacial score (nSPS) is 13.7. The number of amides is 2. The van der Waals surface area contributed by atoms with Gasteiger partial charge in [0, 0.05) is 25.4 Å². The molecule has 1 aliphatic rings. The number of carbonyl (C=O) groups excluding carboxylic acids is 2. The molecular weight excluding hydrogens is 492 g/mol. The van der Waals surface area contributed by atoms with E-state index in [1.54, 1.807) is 12.0 Å². The molecule has 206 valence electrons. The first-order valence-corrected chi connectivity index (χ1v) is 13.6. The van der Waals surface area contributed by atoms with Crippen molar-refractivity contribution < 1.29 is 23.8 Å². The summed E-state index contributed by atoms with van der Waals surface area (Å²) in [5.41, 5.74) is 2.88. The Labute approximate surface area is 231 Å². The molecule has 1 heterocycles. The number of aryl methyl sites for hydroxylation is 1. The van der Waals surface area contributed by atoms with E-state index in [9.17, 15) is 9.59 Å². The molecule has 7 nitrogen and oxygen atoms in total. The number of methoxy groups -OCH3 is 1. The standard InChI is InChI=1S/C32H38N2O5/c1-4-23(2)33-32(36)28(20-24-9-6-5-7-10-24)34(22-26-11-8-12-27(19-26)37-3)31(35)16-14-25-13-15-29-30(21-25)39-18-17-38-29/h5-13,15,19,21,23,28H,4,14,16-18,20,22H2,1-3H3,(H,33,36)/t23-,28-/m1/s1. The van der Waals surface area contributed by atoms with Crippen molar-refractivity contribution >= 4 is 11.8 Å². The van der Waals surface area contributed by atoms with E-state index in [0.29, 0.717) is 44.1 Å². The maximum absolute atomic E-state index is 13.9. The molecule has 0 fully saturated rings. The van der Waals surface area contributed by atoms with Gasteiger partial charge in [0.2, 0.25) is 11.8 Å². The average molecular weight is 531 g/mol. The van der Waals surface area contributed by atoms with E-state index < -0.39 is 6.04 Å². The number of hydrogen-bond donors (Lipinski definition) is 1. The van der Waals surface area contributed by atoms with E-state index in [4.69, 9.17) is 14.2 Å². The van der Waals surface area contributed by atoms with Gasteiger partial charge >= 0.3 is 0 Å². The van der Waals surface area contributed by atoms with Crippen LogP contribution in [0, 0.1) is 0 Å². The first-order chi connectivity index (χ1) is 19.0. The zero-order valence-corrected chi connectivity index (χ0v) is 23.0. The van der Waals surface area contributed by atoms with Crippen LogP contribution >= 0.6 is 0 Å². The molecule has 0 bridgehead atoms. The topological polar surface area (TPSA) is 77.1 Å². The van der Waals surface area contributed by atoms with Crippen molar-refractivity contribution in [1.82, 2.24) is 10.2 Å². The Morgan fingerprint density at radius 2 is 1.67 bits per heavy atom. The third kappa shape index (κ3) is 7.76. The van der Waals surface area contributed by atoms with Crippen molar-refractivity contribution in [2.24, 2.45) is 0 Å². The Hall–Kier alpha value is -4.00. The summed E-state index contributed by atoms with van der Waals surface area (Å²) >= 11 is 0. The molecule has 0 radical (unpaired) electrons. The molecule has 1 N–H and O–H groups in total. The largest absolute Gasteiger partial charge is 0.497 e. The number of hydrogen-bond acceptors (Lipinski definition) is 5. The second kappa shape index (κ2) is 13.7. The van der Waals surface area contributed by atoms with Crippen molar-refractivity contribution in [2.45, 2.75) is 58.2 Å². The van der Waals surface area contributed by atoms with Crippen molar-refractivity contribution in [1.29, 1.82) is 0 Å². The lowest BCUT2D eigenvalue weighted by Gasteiger charge is -2.32. The lowest BCUT2D eigenvalue weighted by atomic mass is 10.0. The molecule has 2 atom stereocenters. The van der Waals surface area contributed by atoms with Crippen LogP contribution in [0.25, 0.3) is 0 Å². The Kier molecular flexibility index (Phi) is 9.84. The van der Waals surface area contributed by atoms with E-state index in [1.165, 1.54) is 0 Å². The highest BCUT2D eigenvalue weighted by atomic mass is 16.6. The lowest BCUT2D eigenvalue weighted by molar-refractivity contribution is -0.141. The fourth-order valence-corrected chi connectivity index (χ4v) is 4.60. The Balaban J connectivity index is 1.61. The number of benzene rings is 3. The van der Waals surface area contributed by atoms with Crippen LogP contribution in [0.15, 0.2) is 72.8 Å². The van der Waals surface area contributed by atoms with Crippen LogP contribution in [-0.4, -0.2) is 49.1 Å². The van der Waals surface area contributed by atoms with Crippen LogP contribution in [0.3, 0.4) is 0 Å². The predicted octanol–water partition coefficient (Wildman–Crippen LogP) is 4.95. The summed E-state index contributed by atoms with van der Waals surface area (Å²) in [5, 5.41) is 3.11. The number of nitrogens with one attached hydrogen (secondary N) is 1. The number of nitrogens with zero attached hydrogens (tertiary/aromatic N) is 1. The Morgan fingerprint density at radius 3 is 2.41 bits per heavy atom. The summed E-state index contributed by atoms with van der Waals surface area (Å²) in [4.78, 5) is 29.3. The van der Waals surface area contributed by atoms with Crippen LogP contribution in [0.4, 0.5) is 0 Å². The third-order valence-electron chi connectivity index (χ3n) is 6.99. The molecule has 2 amide bonds. The summed E-state index contributed by atoms with van der Waals surface area (Å²) in [5.74, 6) is 1.89. The maximum Gasteiger partial charge on any atom is 0.243 e. The third-order valence-corrected chi connectivity index (χ3v) is 6.99. The zero-order valence-electron chi connectivity index (χ0n) is 23.0. The number of rotatable bonds is 12. The molecule has 7 heteroatoms. The van der Waals surface area contributed by atoms with Gasteiger partial charge in [0.25, 0.3) is 0 Å². The van der Waals surface area contributed by atoms with E-state index >= 15 is 0 Å². The SMILES string of the molecule is CC[C@@H](C)NC(=O)[C@@H](Cc1ccccc1)N(Cc1cccc(OC)c1)C(=O)CCc1ccc2c(c1)OCCO2. The second-order valence-corrected chi connectivity index (χ2v) is 9.87. The van der Waals surface area contributed by atoms with Crippen molar-refractivity contribution in [3.63, 3.8) is 0 Å². The van der Waals surface area contributed by atoms with Gasteiger partial charge < -0.3 is 24.4 Å². The maximum atomic E-state index is 13.9. The minimum Gasteiger partial charge on any atom is -0.497 e. The summed E-state index contributed by atoms with van der Waals surface area (Å²) < 4.78 is 16.8. The van der Waals surface area contributed by atoms with Gasteiger partial charge in [-0.3, -0.25) is 9.59 Å². The Bertz CT molecular complexity index is 1250. The van der Waals surface area contributed by atoms with Crippen molar-refractivity contribution in [2.75, 3.05) is 20.3 Å². The molecule has 39 heavy (non-hydrogen) atoms. The lowest BCUT2D eigenvalue weighted by Crippen LogP contribution is -2.52. The van der Waals surface area contributed by atoms with Gasteiger partial charge in [-0.25, -0.2) is 0 Å². The minimum atomic E-state index is -0.666. The van der Waals surface area contributed by atoms with Crippen LogP contribution in [0.1, 0.15) is 43.4 Å². The summed E-state index contributed by atoms with van der Waals surface area (Å²) in [6, 6.07) is 22.6. The minimum absolute atomic E-state index is 0.00209. The van der Waals surface area contributed by atoms with E-state index in [2.05, 4.69) is 5.32 Å². The summed E-state index contributed by atoms with van der Waals surface area (Å²) in [7, 11) is 1.62. The molecule has 3 aromatic rings. The molecule has 0 aromatic heterocycles. The fraction of sp³-hybridized carbons (Fsp3) is 0.375. The molecule has 4 rings (SSSR count).